The van der Waals surface area contributed by atoms with Crippen molar-refractivity contribution in [1.82, 2.24) is 9.71 Å². The van der Waals surface area contributed by atoms with E-state index in [9.17, 15) is 13.2 Å². The van der Waals surface area contributed by atoms with Crippen LogP contribution in [0.2, 0.25) is 0 Å². The second kappa shape index (κ2) is 5.88. The molecule has 2 unspecified atom stereocenters. The van der Waals surface area contributed by atoms with E-state index in [0.29, 0.717) is 18.4 Å². The maximum Gasteiger partial charge on any atom is 0.245 e. The predicted octanol–water partition coefficient (Wildman–Crippen LogP) is 1.48. The van der Waals surface area contributed by atoms with E-state index in [1.807, 2.05) is 0 Å². The van der Waals surface area contributed by atoms with Gasteiger partial charge in [-0.3, -0.25) is 4.79 Å². The summed E-state index contributed by atoms with van der Waals surface area (Å²) in [6.07, 6.45) is 7.13. The average Bonchev–Trinajstić information content (AvgIpc) is 2.37. The van der Waals surface area contributed by atoms with Crippen LogP contribution in [-0.2, 0) is 10.0 Å². The normalized spacial score (nSPS) is 24.3. The highest BCUT2D eigenvalue weighted by atomic mass is 32.2. The van der Waals surface area contributed by atoms with E-state index in [1.165, 1.54) is 24.9 Å². The van der Waals surface area contributed by atoms with Crippen LogP contribution < -0.4 is 10.2 Å². The topological polar surface area (TPSA) is 79.0 Å². The van der Waals surface area contributed by atoms with Crippen molar-refractivity contribution in [3.05, 3.63) is 28.7 Å². The van der Waals surface area contributed by atoms with Crippen LogP contribution in [0.3, 0.4) is 0 Å². The second-order valence-corrected chi connectivity index (χ2v) is 7.10. The van der Waals surface area contributed by atoms with Gasteiger partial charge in [0.05, 0.1) is 0 Å². The van der Waals surface area contributed by atoms with Crippen molar-refractivity contribution < 1.29 is 8.42 Å². The van der Waals surface area contributed by atoms with Gasteiger partial charge in [-0.25, -0.2) is 13.1 Å². The van der Waals surface area contributed by atoms with Gasteiger partial charge in [0.15, 0.2) is 0 Å². The Kier molecular flexibility index (Phi) is 4.42. The summed E-state index contributed by atoms with van der Waals surface area (Å²) >= 11 is 0. The maximum absolute atomic E-state index is 12.0. The van der Waals surface area contributed by atoms with Crippen LogP contribution in [0.25, 0.3) is 0 Å². The Balaban J connectivity index is 2.02. The van der Waals surface area contributed by atoms with Crippen molar-refractivity contribution in [2.45, 2.75) is 37.5 Å². The minimum Gasteiger partial charge on any atom is -0.366 e. The van der Waals surface area contributed by atoms with E-state index in [0.717, 1.165) is 19.3 Å². The van der Waals surface area contributed by atoms with Crippen LogP contribution >= 0.6 is 0 Å². The fraction of sp³-hybridized carbons (Fsp3) is 0.615. The minimum absolute atomic E-state index is 0.209. The lowest BCUT2D eigenvalue weighted by Crippen LogP contribution is -2.33. The molecular weight excluding hydrogens is 264 g/mol. The molecule has 5 nitrogen and oxygen atoms in total. The molecule has 0 radical (unpaired) electrons. The third-order valence-electron chi connectivity index (χ3n) is 3.68. The van der Waals surface area contributed by atoms with E-state index in [1.54, 1.807) is 0 Å². The van der Waals surface area contributed by atoms with Crippen molar-refractivity contribution in [1.29, 1.82) is 0 Å². The predicted molar refractivity (Wildman–Crippen MR) is 73.4 cm³/mol. The van der Waals surface area contributed by atoms with E-state index in [2.05, 4.69) is 16.6 Å². The Morgan fingerprint density at radius 2 is 2.21 bits per heavy atom. The zero-order chi connectivity index (χ0) is 13.9. The molecule has 1 aliphatic rings. The molecule has 2 atom stereocenters. The van der Waals surface area contributed by atoms with Crippen molar-refractivity contribution in [2.24, 2.45) is 11.8 Å². The lowest BCUT2D eigenvalue weighted by molar-refractivity contribution is 0.283. The lowest BCUT2D eigenvalue weighted by Gasteiger charge is -2.26. The van der Waals surface area contributed by atoms with Gasteiger partial charge >= 0.3 is 0 Å². The van der Waals surface area contributed by atoms with E-state index in [-0.39, 0.29) is 4.90 Å². The van der Waals surface area contributed by atoms with Gasteiger partial charge < -0.3 is 4.98 Å². The molecule has 0 amide bonds. The van der Waals surface area contributed by atoms with E-state index in [4.69, 9.17) is 0 Å². The van der Waals surface area contributed by atoms with Crippen LogP contribution in [0.5, 0.6) is 0 Å². The number of hydrogen-bond acceptors (Lipinski definition) is 3. The van der Waals surface area contributed by atoms with Crippen LogP contribution in [0.15, 0.2) is 28.2 Å². The lowest BCUT2D eigenvalue weighted by atomic mass is 9.83. The number of H-pyrrole nitrogens is 1. The monoisotopic (exact) mass is 284 g/mol. The largest absolute Gasteiger partial charge is 0.366 e. The molecule has 106 valence electrons. The van der Waals surface area contributed by atoms with Crippen molar-refractivity contribution in [2.75, 3.05) is 6.54 Å². The van der Waals surface area contributed by atoms with E-state index < -0.39 is 15.5 Å². The van der Waals surface area contributed by atoms with Gasteiger partial charge in [0.1, 0.15) is 4.90 Å². The zero-order valence-electron chi connectivity index (χ0n) is 11.1. The van der Waals surface area contributed by atoms with Gasteiger partial charge in [-0.1, -0.05) is 19.8 Å². The zero-order valence-corrected chi connectivity index (χ0v) is 11.9. The molecule has 0 spiro atoms. The standard InChI is InChI=1S/C13H20N2O3S/c1-10-3-2-4-11(7-10)8-15-19(17,18)13-9-14-6-5-12(13)16/h5-6,9-11,15H,2-4,7-8H2,1H3,(H,14,16). The summed E-state index contributed by atoms with van der Waals surface area (Å²) in [4.78, 5) is 14.0. The molecule has 1 aromatic rings. The van der Waals surface area contributed by atoms with Crippen LogP contribution in [0.1, 0.15) is 32.6 Å². The molecule has 1 aliphatic carbocycles. The highest BCUT2D eigenvalue weighted by Crippen LogP contribution is 2.28. The summed E-state index contributed by atoms with van der Waals surface area (Å²) in [5.74, 6) is 1.03. The summed E-state index contributed by atoms with van der Waals surface area (Å²) in [5.41, 5.74) is -0.483. The fourth-order valence-corrected chi connectivity index (χ4v) is 3.83. The molecule has 2 N–H and O–H groups in total. The first-order valence-electron chi connectivity index (χ1n) is 6.66. The van der Waals surface area contributed by atoms with Gasteiger partial charge in [-0.05, 0) is 24.7 Å². The molecule has 2 rings (SSSR count). The molecule has 1 aromatic heterocycles. The molecule has 0 aliphatic heterocycles. The molecule has 0 aromatic carbocycles. The third-order valence-corrected chi connectivity index (χ3v) is 5.13. The fourth-order valence-electron chi connectivity index (χ4n) is 2.66. The minimum atomic E-state index is -3.70. The molecule has 0 bridgehead atoms. The van der Waals surface area contributed by atoms with Crippen molar-refractivity contribution >= 4 is 10.0 Å². The van der Waals surface area contributed by atoms with Crippen molar-refractivity contribution in [3.8, 4) is 0 Å². The van der Waals surface area contributed by atoms with E-state index >= 15 is 0 Å². The van der Waals surface area contributed by atoms with Crippen LogP contribution in [0, 0.1) is 11.8 Å². The number of sulfonamides is 1. The number of pyridine rings is 1. The SMILES string of the molecule is CC1CCCC(CNS(=O)(=O)c2c[nH]ccc2=O)C1. The van der Waals surface area contributed by atoms with Gasteiger partial charge in [-0.2, -0.15) is 0 Å². The van der Waals surface area contributed by atoms with Gasteiger partial charge in [-0.15, -0.1) is 0 Å². The smallest absolute Gasteiger partial charge is 0.245 e. The highest BCUT2D eigenvalue weighted by Gasteiger charge is 2.22. The van der Waals surface area contributed by atoms with Crippen LogP contribution in [0.4, 0.5) is 0 Å². The summed E-state index contributed by atoms with van der Waals surface area (Å²) in [5, 5.41) is 0. The summed E-state index contributed by atoms with van der Waals surface area (Å²) in [6.45, 7) is 2.61. The van der Waals surface area contributed by atoms with Gasteiger partial charge in [0.25, 0.3) is 0 Å². The second-order valence-electron chi connectivity index (χ2n) is 5.36. The molecule has 19 heavy (non-hydrogen) atoms. The van der Waals surface area contributed by atoms with Gasteiger partial charge in [0, 0.05) is 25.0 Å². The first-order valence-corrected chi connectivity index (χ1v) is 8.14. The first-order chi connectivity index (χ1) is 8.99. The van der Waals surface area contributed by atoms with Gasteiger partial charge in [0.2, 0.25) is 15.5 Å². The molecule has 0 saturated heterocycles. The molecule has 6 heteroatoms. The third kappa shape index (κ3) is 3.67. The number of aromatic amines is 1. The average molecular weight is 284 g/mol. The Labute approximate surface area is 113 Å². The Morgan fingerprint density at radius 3 is 2.89 bits per heavy atom. The number of nitrogens with one attached hydrogen (secondary N) is 2. The summed E-state index contributed by atoms with van der Waals surface area (Å²) in [7, 11) is -3.70. The summed E-state index contributed by atoms with van der Waals surface area (Å²) in [6, 6.07) is 1.22. The molecule has 1 fully saturated rings. The Bertz CT molecular complexity index is 580. The maximum atomic E-state index is 12.0. The quantitative estimate of drug-likeness (QED) is 0.879. The Hall–Kier alpha value is -1.14. The summed E-state index contributed by atoms with van der Waals surface area (Å²) < 4.78 is 26.7. The first kappa shape index (κ1) is 14.3. The molecular formula is C13H20N2O3S. The Morgan fingerprint density at radius 1 is 1.42 bits per heavy atom. The number of hydrogen-bond donors (Lipinski definition) is 2. The molecule has 1 heterocycles. The highest BCUT2D eigenvalue weighted by molar-refractivity contribution is 7.89. The molecule has 1 saturated carbocycles. The van der Waals surface area contributed by atoms with Crippen LogP contribution in [-0.4, -0.2) is 19.9 Å². The number of aromatic nitrogens is 1. The number of rotatable bonds is 4. The van der Waals surface area contributed by atoms with Crippen molar-refractivity contribution in [3.63, 3.8) is 0 Å².